The second kappa shape index (κ2) is 7.99. The summed E-state index contributed by atoms with van der Waals surface area (Å²) < 4.78 is 0. The summed E-state index contributed by atoms with van der Waals surface area (Å²) in [6.45, 7) is 6.25. The van der Waals surface area contributed by atoms with Crippen molar-refractivity contribution in [1.82, 2.24) is 9.80 Å². The molecular formula is C16H30N2O2. The van der Waals surface area contributed by atoms with E-state index in [0.29, 0.717) is 11.8 Å². The number of aliphatic hydroxyl groups excluding tert-OH is 1. The fraction of sp³-hybridized carbons (Fsp3) is 0.938. The molecule has 1 saturated heterocycles. The Labute approximate surface area is 123 Å². The Hall–Kier alpha value is -0.610. The minimum atomic E-state index is -0.223. The van der Waals surface area contributed by atoms with Gasteiger partial charge in [0.25, 0.3) is 0 Å². The zero-order chi connectivity index (χ0) is 14.4. The van der Waals surface area contributed by atoms with Crippen LogP contribution in [-0.4, -0.2) is 59.6 Å². The van der Waals surface area contributed by atoms with E-state index in [1.165, 1.54) is 32.1 Å². The second-order valence-electron chi connectivity index (χ2n) is 6.45. The number of carbonyl (C=O) groups is 1. The Morgan fingerprint density at radius 3 is 2.40 bits per heavy atom. The number of β-amino-alcohol motifs (C(OH)–C–C–N with tert-alkyl or cyclic N) is 1. The maximum atomic E-state index is 12.3. The van der Waals surface area contributed by atoms with Crippen molar-refractivity contribution in [3.05, 3.63) is 0 Å². The van der Waals surface area contributed by atoms with E-state index >= 15 is 0 Å². The van der Waals surface area contributed by atoms with Crippen LogP contribution in [0.25, 0.3) is 0 Å². The van der Waals surface area contributed by atoms with Crippen molar-refractivity contribution in [2.24, 2.45) is 5.92 Å². The van der Waals surface area contributed by atoms with Crippen LogP contribution in [0.15, 0.2) is 0 Å². The topological polar surface area (TPSA) is 43.8 Å². The molecule has 20 heavy (non-hydrogen) atoms. The lowest BCUT2D eigenvalue weighted by Crippen LogP contribution is -2.50. The largest absolute Gasteiger partial charge is 0.392 e. The molecule has 1 atom stereocenters. The van der Waals surface area contributed by atoms with Gasteiger partial charge in [-0.1, -0.05) is 26.2 Å². The minimum absolute atomic E-state index is 0.223. The highest BCUT2D eigenvalue weighted by molar-refractivity contribution is 5.76. The van der Waals surface area contributed by atoms with Gasteiger partial charge in [-0.25, -0.2) is 0 Å². The third kappa shape index (κ3) is 4.74. The summed E-state index contributed by atoms with van der Waals surface area (Å²) in [5.74, 6) is 0.990. The predicted octanol–water partition coefficient (Wildman–Crippen LogP) is 1.87. The van der Waals surface area contributed by atoms with Crippen molar-refractivity contribution in [2.75, 3.05) is 32.7 Å². The molecule has 0 aromatic heterocycles. The van der Waals surface area contributed by atoms with E-state index < -0.39 is 0 Å². The van der Waals surface area contributed by atoms with Crippen LogP contribution < -0.4 is 0 Å². The van der Waals surface area contributed by atoms with Crippen LogP contribution in [0.1, 0.15) is 51.9 Å². The van der Waals surface area contributed by atoms with Gasteiger partial charge in [0.2, 0.25) is 5.91 Å². The molecule has 0 aromatic rings. The third-order valence-electron chi connectivity index (χ3n) is 4.85. The normalized spacial score (nSPS) is 23.8. The number of piperazine rings is 1. The van der Waals surface area contributed by atoms with Crippen molar-refractivity contribution in [3.8, 4) is 0 Å². The average Bonchev–Trinajstić information content (AvgIpc) is 2.49. The van der Waals surface area contributed by atoms with E-state index in [4.69, 9.17) is 0 Å². The first kappa shape index (κ1) is 15.8. The summed E-state index contributed by atoms with van der Waals surface area (Å²) >= 11 is 0. The number of rotatable bonds is 5. The molecule has 2 fully saturated rings. The third-order valence-corrected chi connectivity index (χ3v) is 4.85. The standard InChI is InChI=1S/C16H30N2O2/c1-2-15(19)13-17-8-10-18(11-9-17)16(20)12-14-6-4-3-5-7-14/h14-15,19H,2-13H2,1H3. The molecule has 1 aliphatic carbocycles. The van der Waals surface area contributed by atoms with Gasteiger partial charge in [-0.15, -0.1) is 0 Å². The fourth-order valence-electron chi connectivity index (χ4n) is 3.37. The highest BCUT2D eigenvalue weighted by Gasteiger charge is 2.24. The van der Waals surface area contributed by atoms with Crippen LogP contribution >= 0.6 is 0 Å². The minimum Gasteiger partial charge on any atom is -0.392 e. The zero-order valence-corrected chi connectivity index (χ0v) is 12.9. The van der Waals surface area contributed by atoms with Crippen LogP contribution in [0, 0.1) is 5.92 Å². The molecule has 1 aliphatic heterocycles. The monoisotopic (exact) mass is 282 g/mol. The number of hydrogen-bond acceptors (Lipinski definition) is 3. The lowest BCUT2D eigenvalue weighted by atomic mass is 9.86. The van der Waals surface area contributed by atoms with Gasteiger partial charge in [0.1, 0.15) is 0 Å². The molecule has 0 aromatic carbocycles. The first-order chi connectivity index (χ1) is 9.69. The number of aliphatic hydroxyl groups is 1. The van der Waals surface area contributed by atoms with Gasteiger partial charge in [0.15, 0.2) is 0 Å². The quantitative estimate of drug-likeness (QED) is 0.837. The molecule has 1 N–H and O–H groups in total. The van der Waals surface area contributed by atoms with Gasteiger partial charge in [0, 0.05) is 39.1 Å². The van der Waals surface area contributed by atoms with Gasteiger partial charge >= 0.3 is 0 Å². The van der Waals surface area contributed by atoms with Crippen molar-refractivity contribution in [2.45, 2.75) is 58.0 Å². The predicted molar refractivity (Wildman–Crippen MR) is 80.5 cm³/mol. The summed E-state index contributed by atoms with van der Waals surface area (Å²) in [5.41, 5.74) is 0. The van der Waals surface area contributed by atoms with E-state index in [2.05, 4.69) is 4.90 Å². The van der Waals surface area contributed by atoms with E-state index in [1.807, 2.05) is 11.8 Å². The maximum Gasteiger partial charge on any atom is 0.222 e. The highest BCUT2D eigenvalue weighted by atomic mass is 16.3. The van der Waals surface area contributed by atoms with Gasteiger partial charge in [0.05, 0.1) is 6.10 Å². The van der Waals surface area contributed by atoms with Gasteiger partial charge in [-0.2, -0.15) is 0 Å². The molecule has 1 unspecified atom stereocenters. The van der Waals surface area contributed by atoms with Crippen LogP contribution in [0.5, 0.6) is 0 Å². The molecule has 1 amide bonds. The highest BCUT2D eigenvalue weighted by Crippen LogP contribution is 2.27. The lowest BCUT2D eigenvalue weighted by Gasteiger charge is -2.36. The van der Waals surface area contributed by atoms with Crippen LogP contribution in [0.2, 0.25) is 0 Å². The van der Waals surface area contributed by atoms with Crippen molar-refractivity contribution >= 4 is 5.91 Å². The molecule has 1 saturated carbocycles. The van der Waals surface area contributed by atoms with Crippen LogP contribution in [0.4, 0.5) is 0 Å². The number of amides is 1. The SMILES string of the molecule is CCC(O)CN1CCN(C(=O)CC2CCCCC2)CC1. The van der Waals surface area contributed by atoms with Crippen molar-refractivity contribution in [3.63, 3.8) is 0 Å². The summed E-state index contributed by atoms with van der Waals surface area (Å²) in [5, 5.41) is 9.68. The molecule has 116 valence electrons. The zero-order valence-electron chi connectivity index (χ0n) is 12.9. The van der Waals surface area contributed by atoms with Gasteiger partial charge < -0.3 is 10.0 Å². The van der Waals surface area contributed by atoms with Crippen LogP contribution in [-0.2, 0) is 4.79 Å². The summed E-state index contributed by atoms with van der Waals surface area (Å²) in [4.78, 5) is 16.6. The molecule has 4 heteroatoms. The molecule has 2 aliphatic rings. The molecule has 0 radical (unpaired) electrons. The summed E-state index contributed by atoms with van der Waals surface area (Å²) in [6.07, 6.45) is 7.80. The summed E-state index contributed by atoms with van der Waals surface area (Å²) in [6, 6.07) is 0. The molecule has 0 bridgehead atoms. The average molecular weight is 282 g/mol. The Bertz CT molecular complexity index is 295. The molecule has 2 rings (SSSR count). The summed E-state index contributed by atoms with van der Waals surface area (Å²) in [7, 11) is 0. The van der Waals surface area contributed by atoms with E-state index in [0.717, 1.165) is 45.6 Å². The molecule has 0 spiro atoms. The smallest absolute Gasteiger partial charge is 0.222 e. The Morgan fingerprint density at radius 2 is 1.80 bits per heavy atom. The second-order valence-corrected chi connectivity index (χ2v) is 6.45. The first-order valence-electron chi connectivity index (χ1n) is 8.37. The Morgan fingerprint density at radius 1 is 1.15 bits per heavy atom. The number of carbonyl (C=O) groups excluding carboxylic acids is 1. The lowest BCUT2D eigenvalue weighted by molar-refractivity contribution is -0.134. The molecular weight excluding hydrogens is 252 g/mol. The van der Waals surface area contributed by atoms with Gasteiger partial charge in [-0.05, 0) is 25.2 Å². The van der Waals surface area contributed by atoms with E-state index in [1.54, 1.807) is 0 Å². The Kier molecular flexibility index (Phi) is 6.30. The van der Waals surface area contributed by atoms with Crippen molar-refractivity contribution in [1.29, 1.82) is 0 Å². The molecule has 1 heterocycles. The number of nitrogens with zero attached hydrogens (tertiary/aromatic N) is 2. The van der Waals surface area contributed by atoms with E-state index in [9.17, 15) is 9.90 Å². The van der Waals surface area contributed by atoms with Crippen molar-refractivity contribution < 1.29 is 9.90 Å². The fourth-order valence-corrected chi connectivity index (χ4v) is 3.37. The van der Waals surface area contributed by atoms with Crippen LogP contribution in [0.3, 0.4) is 0 Å². The number of hydrogen-bond donors (Lipinski definition) is 1. The van der Waals surface area contributed by atoms with E-state index in [-0.39, 0.29) is 6.10 Å². The molecule has 4 nitrogen and oxygen atoms in total. The van der Waals surface area contributed by atoms with Gasteiger partial charge in [-0.3, -0.25) is 9.69 Å². The first-order valence-corrected chi connectivity index (χ1v) is 8.37. The maximum absolute atomic E-state index is 12.3. The Balaban J connectivity index is 1.68.